The molecule has 0 unspecified atom stereocenters. The Hall–Kier alpha value is -3.51. The van der Waals surface area contributed by atoms with Crippen molar-refractivity contribution in [2.24, 2.45) is 0 Å². The molecule has 0 saturated carbocycles. The SMILES string of the molecule is CC(C)c1ccccc1OCCCCn1c(CCCCCNC(=O)COc2ccc(Cl)cc2)nc2ccccc21. The highest BCUT2D eigenvalue weighted by Gasteiger charge is 2.11. The Kier molecular flexibility index (Phi) is 11.3. The third-order valence-electron chi connectivity index (χ3n) is 6.89. The van der Waals surface area contributed by atoms with E-state index in [9.17, 15) is 4.79 Å². The van der Waals surface area contributed by atoms with Gasteiger partial charge in [0.15, 0.2) is 6.61 Å². The second kappa shape index (κ2) is 15.3. The Balaban J connectivity index is 1.18. The predicted octanol–water partition coefficient (Wildman–Crippen LogP) is 7.58. The van der Waals surface area contributed by atoms with Crippen molar-refractivity contribution in [3.63, 3.8) is 0 Å². The first kappa shape index (κ1) is 29.5. The fraction of sp³-hybridized carbons (Fsp3) is 0.394. The minimum atomic E-state index is -0.117. The maximum atomic E-state index is 12.1. The van der Waals surface area contributed by atoms with Crippen molar-refractivity contribution >= 4 is 28.5 Å². The number of rotatable bonds is 16. The van der Waals surface area contributed by atoms with Gasteiger partial charge in [-0.05, 0) is 79.6 Å². The fourth-order valence-corrected chi connectivity index (χ4v) is 4.88. The van der Waals surface area contributed by atoms with Crippen LogP contribution in [0, 0.1) is 0 Å². The van der Waals surface area contributed by atoms with E-state index >= 15 is 0 Å². The molecule has 3 aromatic carbocycles. The largest absolute Gasteiger partial charge is 0.493 e. The Bertz CT molecular complexity index is 1350. The van der Waals surface area contributed by atoms with Crippen molar-refractivity contribution in [2.75, 3.05) is 19.8 Å². The number of benzene rings is 3. The van der Waals surface area contributed by atoms with Crippen LogP contribution in [0.5, 0.6) is 11.5 Å². The molecule has 1 amide bonds. The summed E-state index contributed by atoms with van der Waals surface area (Å²) in [6, 6.07) is 23.7. The van der Waals surface area contributed by atoms with Crippen molar-refractivity contribution < 1.29 is 14.3 Å². The molecule has 0 aliphatic rings. The first-order valence-corrected chi connectivity index (χ1v) is 14.7. The molecule has 0 fully saturated rings. The van der Waals surface area contributed by atoms with Gasteiger partial charge in [-0.15, -0.1) is 0 Å². The zero-order valence-corrected chi connectivity index (χ0v) is 24.3. The summed E-state index contributed by atoms with van der Waals surface area (Å²) in [5.74, 6) is 3.09. The van der Waals surface area contributed by atoms with Crippen LogP contribution in [-0.4, -0.2) is 35.2 Å². The number of unbranched alkanes of at least 4 members (excludes halogenated alkanes) is 3. The lowest BCUT2D eigenvalue weighted by molar-refractivity contribution is -0.123. The standard InChI is InChI=1S/C33H40ClN3O3/c1-25(2)28-12-5-8-15-31(28)39-23-11-10-22-37-30-14-7-6-13-29(30)36-32(37)16-4-3-9-21-35-33(38)24-40-27-19-17-26(34)18-20-27/h5-8,12-15,17-20,25H,3-4,9-11,16,21-24H2,1-2H3,(H,35,38). The van der Waals surface area contributed by atoms with Gasteiger partial charge in [0.25, 0.3) is 5.91 Å². The normalized spacial score (nSPS) is 11.2. The monoisotopic (exact) mass is 561 g/mol. The number of amides is 1. The van der Waals surface area contributed by atoms with Gasteiger partial charge >= 0.3 is 0 Å². The molecule has 4 aromatic rings. The van der Waals surface area contributed by atoms with Gasteiger partial charge in [0.1, 0.15) is 17.3 Å². The molecule has 6 nitrogen and oxygen atoms in total. The molecular weight excluding hydrogens is 522 g/mol. The van der Waals surface area contributed by atoms with E-state index in [1.807, 2.05) is 12.1 Å². The summed E-state index contributed by atoms with van der Waals surface area (Å²) in [5, 5.41) is 3.57. The van der Waals surface area contributed by atoms with Gasteiger partial charge in [-0.3, -0.25) is 4.79 Å². The highest BCUT2D eigenvalue weighted by molar-refractivity contribution is 6.30. The molecule has 212 valence electrons. The molecule has 40 heavy (non-hydrogen) atoms. The molecule has 0 aliphatic heterocycles. The summed E-state index contributed by atoms with van der Waals surface area (Å²) < 4.78 is 14.0. The molecule has 4 rings (SSSR count). The number of carbonyl (C=O) groups is 1. The molecule has 0 aliphatic carbocycles. The zero-order valence-electron chi connectivity index (χ0n) is 23.6. The molecule has 1 N–H and O–H groups in total. The number of halogens is 1. The van der Waals surface area contributed by atoms with E-state index < -0.39 is 0 Å². The fourth-order valence-electron chi connectivity index (χ4n) is 4.75. The lowest BCUT2D eigenvalue weighted by Gasteiger charge is -2.14. The van der Waals surface area contributed by atoms with Gasteiger partial charge in [-0.2, -0.15) is 0 Å². The number of nitrogens with zero attached hydrogens (tertiary/aromatic N) is 2. The van der Waals surface area contributed by atoms with Crippen molar-refractivity contribution in [3.05, 3.63) is 89.2 Å². The number of fused-ring (bicyclic) bond motifs is 1. The summed E-state index contributed by atoms with van der Waals surface area (Å²) in [6.07, 6.45) is 5.89. The van der Waals surface area contributed by atoms with Crippen molar-refractivity contribution in [1.29, 1.82) is 0 Å². The van der Waals surface area contributed by atoms with Crippen LogP contribution in [0.15, 0.2) is 72.8 Å². The molecule has 0 radical (unpaired) electrons. The van der Waals surface area contributed by atoms with E-state index in [4.69, 9.17) is 26.1 Å². The summed E-state index contributed by atoms with van der Waals surface area (Å²) in [5.41, 5.74) is 3.50. The van der Waals surface area contributed by atoms with Crippen LogP contribution in [0.4, 0.5) is 0 Å². The van der Waals surface area contributed by atoms with E-state index in [-0.39, 0.29) is 12.5 Å². The van der Waals surface area contributed by atoms with Crippen LogP contribution in [0.3, 0.4) is 0 Å². The van der Waals surface area contributed by atoms with E-state index in [2.05, 4.69) is 60.1 Å². The third kappa shape index (κ3) is 8.75. The smallest absolute Gasteiger partial charge is 0.257 e. The van der Waals surface area contributed by atoms with Crippen molar-refractivity contribution in [1.82, 2.24) is 14.9 Å². The maximum Gasteiger partial charge on any atom is 0.257 e. The van der Waals surface area contributed by atoms with E-state index in [0.29, 0.717) is 29.8 Å². The molecule has 0 atom stereocenters. The second-order valence-electron chi connectivity index (χ2n) is 10.3. The van der Waals surface area contributed by atoms with Gasteiger partial charge < -0.3 is 19.4 Å². The highest BCUT2D eigenvalue weighted by atomic mass is 35.5. The number of aryl methyl sites for hydroxylation is 2. The van der Waals surface area contributed by atoms with Gasteiger partial charge in [-0.1, -0.05) is 62.2 Å². The second-order valence-corrected chi connectivity index (χ2v) is 10.8. The van der Waals surface area contributed by atoms with Crippen LogP contribution in [0.25, 0.3) is 11.0 Å². The van der Waals surface area contributed by atoms with Gasteiger partial charge in [-0.25, -0.2) is 4.98 Å². The van der Waals surface area contributed by atoms with Gasteiger partial charge in [0, 0.05) is 24.5 Å². The van der Waals surface area contributed by atoms with Crippen LogP contribution in [0.2, 0.25) is 5.02 Å². The van der Waals surface area contributed by atoms with E-state index in [1.165, 1.54) is 11.1 Å². The number of hydrogen-bond donors (Lipinski definition) is 1. The summed E-state index contributed by atoms with van der Waals surface area (Å²) >= 11 is 5.87. The number of imidazole rings is 1. The zero-order chi connectivity index (χ0) is 28.2. The van der Waals surface area contributed by atoms with Crippen LogP contribution in [-0.2, 0) is 17.8 Å². The van der Waals surface area contributed by atoms with Crippen LogP contribution >= 0.6 is 11.6 Å². The lowest BCUT2D eigenvalue weighted by Crippen LogP contribution is -2.29. The lowest BCUT2D eigenvalue weighted by atomic mass is 10.0. The number of carbonyl (C=O) groups excluding carboxylic acids is 1. The quantitative estimate of drug-likeness (QED) is 0.143. The first-order valence-electron chi connectivity index (χ1n) is 14.3. The molecule has 1 heterocycles. The summed E-state index contributed by atoms with van der Waals surface area (Å²) in [7, 11) is 0. The van der Waals surface area contributed by atoms with Crippen molar-refractivity contribution in [3.8, 4) is 11.5 Å². The molecule has 0 bridgehead atoms. The Morgan fingerprint density at radius 3 is 2.50 bits per heavy atom. The summed E-state index contributed by atoms with van der Waals surface area (Å²) in [4.78, 5) is 17.0. The molecular formula is C33H40ClN3O3. The number of ether oxygens (including phenoxy) is 2. The minimum Gasteiger partial charge on any atom is -0.493 e. The van der Waals surface area contributed by atoms with Crippen LogP contribution in [0.1, 0.15) is 63.3 Å². The first-order chi connectivity index (χ1) is 19.5. The topological polar surface area (TPSA) is 65.4 Å². The minimum absolute atomic E-state index is 0.000927. The number of hydrogen-bond acceptors (Lipinski definition) is 4. The Morgan fingerprint density at radius 2 is 1.68 bits per heavy atom. The molecule has 1 aromatic heterocycles. The average Bonchev–Trinajstić information content (AvgIpc) is 3.31. The highest BCUT2D eigenvalue weighted by Crippen LogP contribution is 2.26. The molecule has 7 heteroatoms. The van der Waals surface area contributed by atoms with Crippen molar-refractivity contribution in [2.45, 2.75) is 64.8 Å². The van der Waals surface area contributed by atoms with Crippen LogP contribution < -0.4 is 14.8 Å². The van der Waals surface area contributed by atoms with Gasteiger partial charge in [0.05, 0.1) is 17.6 Å². The Labute approximate surface area is 242 Å². The number of nitrogens with one attached hydrogen (secondary N) is 1. The predicted molar refractivity (Wildman–Crippen MR) is 163 cm³/mol. The third-order valence-corrected chi connectivity index (χ3v) is 7.14. The summed E-state index contributed by atoms with van der Waals surface area (Å²) in [6.45, 7) is 6.67. The molecule has 0 spiro atoms. The maximum absolute atomic E-state index is 12.1. The number of aromatic nitrogens is 2. The average molecular weight is 562 g/mol. The van der Waals surface area contributed by atoms with Gasteiger partial charge in [0.2, 0.25) is 0 Å². The van der Waals surface area contributed by atoms with E-state index in [1.54, 1.807) is 24.3 Å². The van der Waals surface area contributed by atoms with E-state index in [0.717, 1.165) is 62.2 Å². The number of para-hydroxylation sites is 3. The Morgan fingerprint density at radius 1 is 0.900 bits per heavy atom. The molecule has 0 saturated heterocycles.